The fourth-order valence-electron chi connectivity index (χ4n) is 2.11. The fourth-order valence-corrected chi connectivity index (χ4v) is 3.33. The summed E-state index contributed by atoms with van der Waals surface area (Å²) in [6.07, 6.45) is 0.327. The zero-order valence-electron chi connectivity index (χ0n) is 11.6. The van der Waals surface area contributed by atoms with Crippen LogP contribution in [-0.2, 0) is 16.0 Å². The maximum Gasteiger partial charge on any atom is 0.235 e. The lowest BCUT2D eigenvalue weighted by molar-refractivity contribution is -0.140. The van der Waals surface area contributed by atoms with Crippen molar-refractivity contribution in [2.24, 2.45) is 11.1 Å². The molecule has 0 saturated heterocycles. The Kier molecular flexibility index (Phi) is 4.09. The maximum absolute atomic E-state index is 12.1. The molecule has 5 heteroatoms. The molecule has 106 valence electrons. The monoisotopic (exact) mass is 290 g/mol. The number of primary amides is 1. The summed E-state index contributed by atoms with van der Waals surface area (Å²) >= 11 is 1.59. The first-order valence-corrected chi connectivity index (χ1v) is 7.34. The van der Waals surface area contributed by atoms with Crippen LogP contribution in [0.1, 0.15) is 18.7 Å². The summed E-state index contributed by atoms with van der Waals surface area (Å²) in [6.45, 7) is 3.90. The Morgan fingerprint density at radius 2 is 2.05 bits per heavy atom. The fraction of sp³-hybridized carbons (Fsp3) is 0.333. The molecule has 1 heterocycles. The number of hydrogen-bond donors (Lipinski definition) is 2. The number of nitrogens with two attached hydrogens (primary N) is 1. The maximum atomic E-state index is 12.1. The highest BCUT2D eigenvalue weighted by atomic mass is 32.1. The Morgan fingerprint density at radius 3 is 2.65 bits per heavy atom. The summed E-state index contributed by atoms with van der Waals surface area (Å²) in [5.41, 5.74) is 4.24. The van der Waals surface area contributed by atoms with Gasteiger partial charge in [0.2, 0.25) is 11.8 Å². The molecule has 1 aromatic carbocycles. The SMILES string of the molecule is CCNC(=O)C(C)(Cc1cc2ccccc2s1)C(N)=O. The third-order valence-corrected chi connectivity index (χ3v) is 4.50. The van der Waals surface area contributed by atoms with E-state index in [0.29, 0.717) is 13.0 Å². The standard InChI is InChI=1S/C15H18N2O2S/c1-3-17-14(19)15(2,13(16)18)9-11-8-10-6-4-5-7-12(10)20-11/h4-8H,3,9H2,1-2H3,(H2,16,18)(H,17,19). The van der Waals surface area contributed by atoms with Crippen LogP contribution in [0.4, 0.5) is 0 Å². The second kappa shape index (κ2) is 5.63. The molecule has 1 atom stereocenters. The van der Waals surface area contributed by atoms with Crippen LogP contribution in [0.15, 0.2) is 30.3 Å². The highest BCUT2D eigenvalue weighted by Gasteiger charge is 2.39. The second-order valence-corrected chi connectivity index (χ2v) is 6.15. The first-order valence-electron chi connectivity index (χ1n) is 6.53. The molecule has 0 aliphatic heterocycles. The zero-order valence-corrected chi connectivity index (χ0v) is 12.4. The minimum Gasteiger partial charge on any atom is -0.369 e. The third kappa shape index (κ3) is 2.67. The number of hydrogen-bond acceptors (Lipinski definition) is 3. The minimum absolute atomic E-state index is 0.315. The van der Waals surface area contributed by atoms with Crippen molar-refractivity contribution in [1.82, 2.24) is 5.32 Å². The van der Waals surface area contributed by atoms with Gasteiger partial charge in [-0.05, 0) is 31.4 Å². The van der Waals surface area contributed by atoms with E-state index >= 15 is 0 Å². The highest BCUT2D eigenvalue weighted by Crippen LogP contribution is 2.31. The van der Waals surface area contributed by atoms with E-state index in [-0.39, 0.29) is 5.91 Å². The van der Waals surface area contributed by atoms with Gasteiger partial charge in [0.15, 0.2) is 0 Å². The number of nitrogens with one attached hydrogen (secondary N) is 1. The van der Waals surface area contributed by atoms with E-state index < -0.39 is 11.3 Å². The quantitative estimate of drug-likeness (QED) is 0.827. The van der Waals surface area contributed by atoms with Crippen LogP contribution >= 0.6 is 11.3 Å². The highest BCUT2D eigenvalue weighted by molar-refractivity contribution is 7.19. The van der Waals surface area contributed by atoms with E-state index in [1.54, 1.807) is 18.3 Å². The summed E-state index contributed by atoms with van der Waals surface area (Å²) in [6, 6.07) is 10.00. The lowest BCUT2D eigenvalue weighted by atomic mass is 9.84. The molecular formula is C15H18N2O2S. The van der Waals surface area contributed by atoms with Gasteiger partial charge in [-0.1, -0.05) is 18.2 Å². The zero-order chi connectivity index (χ0) is 14.8. The average Bonchev–Trinajstić information content (AvgIpc) is 2.80. The Labute approximate surface area is 122 Å². The molecular weight excluding hydrogens is 272 g/mol. The summed E-state index contributed by atoms with van der Waals surface area (Å²) in [7, 11) is 0. The van der Waals surface area contributed by atoms with Crippen molar-refractivity contribution in [1.29, 1.82) is 0 Å². The molecule has 0 saturated carbocycles. The number of carbonyl (C=O) groups excluding carboxylic acids is 2. The molecule has 0 bridgehead atoms. The molecule has 0 fully saturated rings. The van der Waals surface area contributed by atoms with E-state index in [2.05, 4.69) is 5.32 Å². The largest absolute Gasteiger partial charge is 0.369 e. The van der Waals surface area contributed by atoms with Crippen molar-refractivity contribution in [3.8, 4) is 0 Å². The van der Waals surface area contributed by atoms with E-state index in [1.165, 1.54) is 0 Å². The van der Waals surface area contributed by atoms with E-state index in [9.17, 15) is 9.59 Å². The second-order valence-electron chi connectivity index (χ2n) is 4.98. The van der Waals surface area contributed by atoms with Gasteiger partial charge in [-0.15, -0.1) is 11.3 Å². The molecule has 1 unspecified atom stereocenters. The lowest BCUT2D eigenvalue weighted by Crippen LogP contribution is -2.49. The first kappa shape index (κ1) is 14.5. The third-order valence-electron chi connectivity index (χ3n) is 3.39. The molecule has 0 radical (unpaired) electrons. The molecule has 3 N–H and O–H groups in total. The molecule has 1 aromatic heterocycles. The summed E-state index contributed by atoms with van der Waals surface area (Å²) in [5.74, 6) is -0.911. The van der Waals surface area contributed by atoms with Crippen LogP contribution in [0.25, 0.3) is 10.1 Å². The summed E-state index contributed by atoms with van der Waals surface area (Å²) in [4.78, 5) is 24.8. The van der Waals surface area contributed by atoms with Gasteiger partial charge in [-0.2, -0.15) is 0 Å². The van der Waals surface area contributed by atoms with Gasteiger partial charge in [0.1, 0.15) is 5.41 Å². The van der Waals surface area contributed by atoms with Gasteiger partial charge in [-0.3, -0.25) is 9.59 Å². The minimum atomic E-state index is -1.21. The molecule has 0 aliphatic rings. The number of carbonyl (C=O) groups is 2. The number of fused-ring (bicyclic) bond motifs is 1. The molecule has 2 rings (SSSR count). The molecule has 0 spiro atoms. The number of amides is 2. The molecule has 0 aliphatic carbocycles. The normalized spacial score (nSPS) is 13.9. The van der Waals surface area contributed by atoms with Gasteiger partial charge in [-0.25, -0.2) is 0 Å². The van der Waals surface area contributed by atoms with Crippen LogP contribution < -0.4 is 11.1 Å². The van der Waals surface area contributed by atoms with Gasteiger partial charge >= 0.3 is 0 Å². The predicted molar refractivity (Wildman–Crippen MR) is 81.5 cm³/mol. The Bertz CT molecular complexity index is 617. The van der Waals surface area contributed by atoms with Gasteiger partial charge in [0, 0.05) is 22.5 Å². The Hall–Kier alpha value is -1.88. The number of rotatable bonds is 5. The summed E-state index contributed by atoms with van der Waals surface area (Å²) in [5, 5.41) is 3.81. The Morgan fingerprint density at radius 1 is 1.35 bits per heavy atom. The van der Waals surface area contributed by atoms with Crippen LogP contribution in [0.3, 0.4) is 0 Å². The van der Waals surface area contributed by atoms with Crippen LogP contribution in [-0.4, -0.2) is 18.4 Å². The van der Waals surface area contributed by atoms with Gasteiger partial charge < -0.3 is 11.1 Å². The average molecular weight is 290 g/mol. The topological polar surface area (TPSA) is 72.2 Å². The smallest absolute Gasteiger partial charge is 0.235 e. The van der Waals surface area contributed by atoms with Crippen LogP contribution in [0.2, 0.25) is 0 Å². The van der Waals surface area contributed by atoms with Crippen molar-refractivity contribution in [3.63, 3.8) is 0 Å². The molecule has 4 nitrogen and oxygen atoms in total. The molecule has 2 aromatic rings. The predicted octanol–water partition coefficient (Wildman–Crippen LogP) is 2.07. The van der Waals surface area contributed by atoms with Crippen molar-refractivity contribution in [2.75, 3.05) is 6.54 Å². The van der Waals surface area contributed by atoms with Crippen LogP contribution in [0, 0.1) is 5.41 Å². The van der Waals surface area contributed by atoms with Gasteiger partial charge in [0.05, 0.1) is 0 Å². The van der Waals surface area contributed by atoms with Crippen molar-refractivity contribution in [3.05, 3.63) is 35.2 Å². The first-order chi connectivity index (χ1) is 9.47. The van der Waals surface area contributed by atoms with E-state index in [0.717, 1.165) is 15.0 Å². The van der Waals surface area contributed by atoms with Gasteiger partial charge in [0.25, 0.3) is 0 Å². The molecule has 2 amide bonds. The van der Waals surface area contributed by atoms with Crippen LogP contribution in [0.5, 0.6) is 0 Å². The van der Waals surface area contributed by atoms with Crippen molar-refractivity contribution in [2.45, 2.75) is 20.3 Å². The lowest BCUT2D eigenvalue weighted by Gasteiger charge is -2.23. The number of thiophene rings is 1. The molecule has 20 heavy (non-hydrogen) atoms. The Balaban J connectivity index is 2.32. The van der Waals surface area contributed by atoms with E-state index in [1.807, 2.05) is 37.3 Å². The summed E-state index contributed by atoms with van der Waals surface area (Å²) < 4.78 is 1.14. The van der Waals surface area contributed by atoms with Crippen molar-refractivity contribution >= 4 is 33.2 Å². The van der Waals surface area contributed by atoms with Crippen molar-refractivity contribution < 1.29 is 9.59 Å². The van der Waals surface area contributed by atoms with E-state index in [4.69, 9.17) is 5.73 Å². The number of benzene rings is 1.